The van der Waals surface area contributed by atoms with E-state index in [1.54, 1.807) is 6.07 Å². The molecule has 3 rings (SSSR count). The van der Waals surface area contributed by atoms with Crippen LogP contribution >= 0.6 is 0 Å². The Labute approximate surface area is 161 Å². The van der Waals surface area contributed by atoms with E-state index in [4.69, 9.17) is 5.11 Å². The van der Waals surface area contributed by atoms with Gasteiger partial charge in [0.25, 0.3) is 5.56 Å². The second-order valence-electron chi connectivity index (χ2n) is 6.79. The van der Waals surface area contributed by atoms with Crippen LogP contribution in [0.5, 0.6) is 0 Å². The van der Waals surface area contributed by atoms with Crippen LogP contribution in [-0.4, -0.2) is 22.0 Å². The molecule has 29 heavy (non-hydrogen) atoms. The van der Waals surface area contributed by atoms with E-state index in [2.05, 4.69) is 0 Å². The zero-order valence-corrected chi connectivity index (χ0v) is 15.2. The number of nitrogens with zero attached hydrogens (tertiary/aromatic N) is 1. The first-order valence-electron chi connectivity index (χ1n) is 8.85. The minimum atomic E-state index is -6.08. The molecule has 0 aliphatic rings. The Hall–Kier alpha value is -2.55. The normalized spacial score (nSPS) is 15.0. The maximum atomic E-state index is 14.7. The van der Waals surface area contributed by atoms with Gasteiger partial charge in [-0.2, -0.15) is 22.0 Å². The number of unbranched alkanes of at least 4 members (excludes halogenated alkanes) is 1. The number of aliphatic hydroxyl groups is 1. The highest BCUT2D eigenvalue weighted by molar-refractivity contribution is 6.05. The molecule has 1 aromatic heterocycles. The van der Waals surface area contributed by atoms with Crippen molar-refractivity contribution in [1.29, 1.82) is 0 Å². The number of hydrogen-bond acceptors (Lipinski definition) is 2. The Bertz CT molecular complexity index is 1100. The molecule has 0 saturated heterocycles. The van der Waals surface area contributed by atoms with Crippen LogP contribution in [0.15, 0.2) is 47.3 Å². The predicted octanol–water partition coefficient (Wildman–Crippen LogP) is 5.27. The summed E-state index contributed by atoms with van der Waals surface area (Å²) in [6.07, 6.45) is -10.5. The number of pyridine rings is 1. The van der Waals surface area contributed by atoms with E-state index in [0.29, 0.717) is 18.6 Å². The molecule has 3 nitrogen and oxygen atoms in total. The van der Waals surface area contributed by atoms with Gasteiger partial charge in [-0.25, -0.2) is 4.39 Å². The first-order chi connectivity index (χ1) is 13.4. The van der Waals surface area contributed by atoms with Gasteiger partial charge >= 0.3 is 18.0 Å². The SMILES string of the molecule is CCCCn1c(=O)c2ccccc2c2cc(C(F)(C(O)(F)F)C(F)(F)F)ccc21. The smallest absolute Gasteiger partial charge is 0.333 e. The van der Waals surface area contributed by atoms with E-state index in [1.807, 2.05) is 6.92 Å². The van der Waals surface area contributed by atoms with Gasteiger partial charge in [-0.1, -0.05) is 37.6 Å². The first-order valence-corrected chi connectivity index (χ1v) is 8.85. The molecule has 0 aliphatic carbocycles. The fourth-order valence-electron chi connectivity index (χ4n) is 3.41. The number of hydrogen-bond donors (Lipinski definition) is 1. The van der Waals surface area contributed by atoms with Gasteiger partial charge in [0.15, 0.2) is 0 Å². The maximum absolute atomic E-state index is 14.7. The highest BCUT2D eigenvalue weighted by atomic mass is 19.4. The summed E-state index contributed by atoms with van der Waals surface area (Å²) in [6, 6.07) is 8.13. The van der Waals surface area contributed by atoms with E-state index < -0.39 is 23.5 Å². The number of aryl methyl sites for hydroxylation is 1. The molecule has 0 radical (unpaired) electrons. The highest BCUT2D eigenvalue weighted by Gasteiger charge is 2.72. The first kappa shape index (κ1) is 21.2. The molecule has 0 saturated carbocycles. The lowest BCUT2D eigenvalue weighted by atomic mass is 9.91. The van der Waals surface area contributed by atoms with Crippen LogP contribution in [0.4, 0.5) is 26.3 Å². The molecule has 1 N–H and O–H groups in total. The molecule has 156 valence electrons. The Morgan fingerprint density at radius 2 is 1.55 bits per heavy atom. The third kappa shape index (κ3) is 3.27. The predicted molar refractivity (Wildman–Crippen MR) is 96.6 cm³/mol. The Morgan fingerprint density at radius 3 is 2.10 bits per heavy atom. The number of halogens is 6. The summed E-state index contributed by atoms with van der Waals surface area (Å²) in [5.74, 6) is 0. The quantitative estimate of drug-likeness (QED) is 0.454. The lowest BCUT2D eigenvalue weighted by Gasteiger charge is -2.32. The van der Waals surface area contributed by atoms with E-state index in [9.17, 15) is 31.1 Å². The van der Waals surface area contributed by atoms with Gasteiger partial charge in [0, 0.05) is 22.9 Å². The van der Waals surface area contributed by atoms with Gasteiger partial charge < -0.3 is 9.67 Å². The third-order valence-electron chi connectivity index (χ3n) is 4.92. The molecule has 3 aromatic rings. The van der Waals surface area contributed by atoms with Gasteiger partial charge in [0.1, 0.15) is 0 Å². The van der Waals surface area contributed by atoms with Crippen LogP contribution in [0.1, 0.15) is 25.3 Å². The maximum Gasteiger partial charge on any atom is 0.435 e. The standard InChI is InChI=1S/C20H17F6NO2/c1-2-3-10-27-16-9-8-12(18(21,19(22,23)24)20(25,26)29)11-15(16)13-6-4-5-7-14(13)17(27)28/h4-9,11,29H,2-3,10H2,1H3. The minimum absolute atomic E-state index is 0.00401. The summed E-state index contributed by atoms with van der Waals surface area (Å²) in [7, 11) is 0. The van der Waals surface area contributed by atoms with Crippen molar-refractivity contribution < 1.29 is 31.4 Å². The summed E-state index contributed by atoms with van der Waals surface area (Å²) in [6.45, 7) is 2.14. The average molecular weight is 417 g/mol. The zero-order valence-electron chi connectivity index (χ0n) is 15.2. The number of fused-ring (bicyclic) bond motifs is 3. The van der Waals surface area contributed by atoms with Crippen LogP contribution in [0.25, 0.3) is 21.7 Å². The average Bonchev–Trinajstić information content (AvgIpc) is 2.65. The summed E-state index contributed by atoms with van der Waals surface area (Å²) >= 11 is 0. The lowest BCUT2D eigenvalue weighted by molar-refractivity contribution is -0.375. The molecule has 0 amide bonds. The topological polar surface area (TPSA) is 42.2 Å². The molecule has 0 bridgehead atoms. The van der Waals surface area contributed by atoms with Crippen molar-refractivity contribution >= 4 is 21.7 Å². The van der Waals surface area contributed by atoms with Gasteiger partial charge in [0.2, 0.25) is 0 Å². The van der Waals surface area contributed by atoms with E-state index in [-0.39, 0.29) is 33.8 Å². The van der Waals surface area contributed by atoms with Crippen molar-refractivity contribution in [3.8, 4) is 0 Å². The molecule has 0 fully saturated rings. The lowest BCUT2D eigenvalue weighted by Crippen LogP contribution is -2.52. The summed E-state index contributed by atoms with van der Waals surface area (Å²) in [5.41, 5.74) is -6.95. The van der Waals surface area contributed by atoms with E-state index >= 15 is 0 Å². The number of rotatable bonds is 5. The van der Waals surface area contributed by atoms with Crippen molar-refractivity contribution in [2.75, 3.05) is 0 Å². The summed E-state index contributed by atoms with van der Waals surface area (Å²) in [4.78, 5) is 12.8. The molecular weight excluding hydrogens is 400 g/mol. The van der Waals surface area contributed by atoms with Crippen LogP contribution in [-0.2, 0) is 12.2 Å². The third-order valence-corrected chi connectivity index (χ3v) is 4.92. The van der Waals surface area contributed by atoms with E-state index in [1.165, 1.54) is 22.8 Å². The van der Waals surface area contributed by atoms with Crippen LogP contribution in [0, 0.1) is 0 Å². The number of alkyl halides is 6. The number of aromatic nitrogens is 1. The van der Waals surface area contributed by atoms with Crippen molar-refractivity contribution in [2.24, 2.45) is 0 Å². The van der Waals surface area contributed by atoms with Crippen molar-refractivity contribution in [3.63, 3.8) is 0 Å². The Morgan fingerprint density at radius 1 is 0.931 bits per heavy atom. The monoisotopic (exact) mass is 417 g/mol. The number of benzene rings is 2. The molecule has 1 atom stereocenters. The summed E-state index contributed by atoms with van der Waals surface area (Å²) < 4.78 is 82.5. The molecule has 0 aliphatic heterocycles. The Balaban J connectivity index is 2.42. The van der Waals surface area contributed by atoms with Crippen molar-refractivity contribution in [1.82, 2.24) is 4.57 Å². The zero-order chi connectivity index (χ0) is 21.6. The largest absolute Gasteiger partial charge is 0.435 e. The molecule has 9 heteroatoms. The van der Waals surface area contributed by atoms with Crippen LogP contribution in [0.2, 0.25) is 0 Å². The van der Waals surface area contributed by atoms with Gasteiger partial charge in [-0.05, 0) is 30.0 Å². The Kier molecular flexibility index (Phi) is 5.15. The van der Waals surface area contributed by atoms with E-state index in [0.717, 1.165) is 12.5 Å². The second kappa shape index (κ2) is 7.05. The fraction of sp³-hybridized carbons (Fsp3) is 0.350. The second-order valence-corrected chi connectivity index (χ2v) is 6.79. The molecular formula is C20H17F6NO2. The van der Waals surface area contributed by atoms with Crippen molar-refractivity contribution in [2.45, 2.75) is 44.3 Å². The fourth-order valence-corrected chi connectivity index (χ4v) is 3.41. The van der Waals surface area contributed by atoms with Gasteiger partial charge in [-0.15, -0.1) is 0 Å². The van der Waals surface area contributed by atoms with Crippen LogP contribution in [0.3, 0.4) is 0 Å². The molecule has 1 unspecified atom stereocenters. The van der Waals surface area contributed by atoms with Gasteiger partial charge in [-0.3, -0.25) is 4.79 Å². The minimum Gasteiger partial charge on any atom is -0.333 e. The molecule has 0 spiro atoms. The van der Waals surface area contributed by atoms with Gasteiger partial charge in [0.05, 0.1) is 5.52 Å². The van der Waals surface area contributed by atoms with Crippen LogP contribution < -0.4 is 5.56 Å². The molecule has 1 heterocycles. The molecule has 2 aromatic carbocycles. The highest BCUT2D eigenvalue weighted by Crippen LogP contribution is 2.51. The summed E-state index contributed by atoms with van der Waals surface area (Å²) in [5, 5.41) is 9.12. The van der Waals surface area contributed by atoms with Crippen molar-refractivity contribution in [3.05, 3.63) is 58.4 Å².